The summed E-state index contributed by atoms with van der Waals surface area (Å²) >= 11 is 11.8. The second-order valence-electron chi connectivity index (χ2n) is 2.95. The summed E-state index contributed by atoms with van der Waals surface area (Å²) in [5.41, 5.74) is 0.705. The van der Waals surface area contributed by atoms with E-state index in [9.17, 15) is 4.79 Å². The maximum Gasteiger partial charge on any atom is 0.151 e. The lowest BCUT2D eigenvalue weighted by atomic mass is 10.1. The molecule has 76 valence electrons. The highest BCUT2D eigenvalue weighted by atomic mass is 35.5. The van der Waals surface area contributed by atoms with Gasteiger partial charge in [-0.1, -0.05) is 29.3 Å². The van der Waals surface area contributed by atoms with Crippen LogP contribution in [0.1, 0.15) is 5.56 Å². The molecule has 0 aliphatic carbocycles. The molecule has 0 heterocycles. The van der Waals surface area contributed by atoms with Crippen molar-refractivity contribution in [1.29, 1.82) is 0 Å². The zero-order chi connectivity index (χ0) is 10.6. The van der Waals surface area contributed by atoms with Gasteiger partial charge in [0.15, 0.2) is 5.78 Å². The Bertz CT molecular complexity index is 319. The fourth-order valence-electron chi connectivity index (χ4n) is 1.16. The number of benzene rings is 1. The lowest BCUT2D eigenvalue weighted by Crippen LogP contribution is -2.20. The van der Waals surface area contributed by atoms with Crippen molar-refractivity contribution in [3.63, 3.8) is 0 Å². The number of rotatable bonds is 4. The zero-order valence-electron chi connectivity index (χ0n) is 7.81. The van der Waals surface area contributed by atoms with Crippen molar-refractivity contribution in [3.8, 4) is 0 Å². The summed E-state index contributed by atoms with van der Waals surface area (Å²) in [7, 11) is 1.73. The lowest BCUT2D eigenvalue weighted by molar-refractivity contribution is -0.117. The summed E-state index contributed by atoms with van der Waals surface area (Å²) in [6.45, 7) is 0.335. The number of hydrogen-bond donors (Lipinski definition) is 1. The molecule has 1 aromatic carbocycles. The minimum absolute atomic E-state index is 0.0718. The fourth-order valence-corrected chi connectivity index (χ4v) is 1.69. The van der Waals surface area contributed by atoms with Crippen molar-refractivity contribution >= 4 is 29.0 Å². The topological polar surface area (TPSA) is 29.1 Å². The van der Waals surface area contributed by atoms with Gasteiger partial charge in [-0.05, 0) is 24.7 Å². The third-order valence-corrected chi connectivity index (χ3v) is 2.52. The molecule has 0 aromatic heterocycles. The van der Waals surface area contributed by atoms with Gasteiger partial charge in [-0.15, -0.1) is 0 Å². The van der Waals surface area contributed by atoms with Crippen LogP contribution in [-0.4, -0.2) is 19.4 Å². The minimum Gasteiger partial charge on any atom is -0.313 e. The van der Waals surface area contributed by atoms with E-state index in [4.69, 9.17) is 23.2 Å². The van der Waals surface area contributed by atoms with Crippen LogP contribution in [0.15, 0.2) is 18.2 Å². The summed E-state index contributed by atoms with van der Waals surface area (Å²) in [4.78, 5) is 11.3. The van der Waals surface area contributed by atoms with E-state index in [1.165, 1.54) is 0 Å². The molecule has 0 aliphatic rings. The Morgan fingerprint density at radius 2 is 1.93 bits per heavy atom. The van der Waals surface area contributed by atoms with E-state index in [0.717, 1.165) is 0 Å². The molecule has 1 N–H and O–H groups in total. The fraction of sp³-hybridized carbons (Fsp3) is 0.300. The second kappa shape index (κ2) is 5.35. The van der Waals surface area contributed by atoms with Gasteiger partial charge >= 0.3 is 0 Å². The third-order valence-electron chi connectivity index (χ3n) is 1.81. The average molecular weight is 232 g/mol. The predicted molar refractivity (Wildman–Crippen MR) is 59.1 cm³/mol. The van der Waals surface area contributed by atoms with Gasteiger partial charge in [0.2, 0.25) is 0 Å². The van der Waals surface area contributed by atoms with Crippen LogP contribution >= 0.6 is 23.2 Å². The molecule has 0 saturated heterocycles. The summed E-state index contributed by atoms with van der Waals surface area (Å²) in [5.74, 6) is 0.0718. The first-order chi connectivity index (χ1) is 6.65. The average Bonchev–Trinajstić information content (AvgIpc) is 2.12. The van der Waals surface area contributed by atoms with Gasteiger partial charge in [-0.3, -0.25) is 4.79 Å². The monoisotopic (exact) mass is 231 g/mol. The molecule has 2 nitrogen and oxygen atoms in total. The normalized spacial score (nSPS) is 10.2. The Morgan fingerprint density at radius 1 is 1.36 bits per heavy atom. The van der Waals surface area contributed by atoms with Gasteiger partial charge < -0.3 is 5.32 Å². The molecule has 4 heteroatoms. The van der Waals surface area contributed by atoms with Crippen molar-refractivity contribution in [3.05, 3.63) is 33.8 Å². The van der Waals surface area contributed by atoms with Crippen LogP contribution in [0.2, 0.25) is 10.0 Å². The first kappa shape index (κ1) is 11.5. The molecule has 0 fully saturated rings. The summed E-state index contributed by atoms with van der Waals surface area (Å²) in [6.07, 6.45) is 0.277. The zero-order valence-corrected chi connectivity index (χ0v) is 9.32. The van der Waals surface area contributed by atoms with Crippen LogP contribution in [-0.2, 0) is 11.2 Å². The Hall–Kier alpha value is -0.570. The number of carbonyl (C=O) groups excluding carboxylic acids is 1. The molecular weight excluding hydrogens is 221 g/mol. The van der Waals surface area contributed by atoms with Gasteiger partial charge in [-0.2, -0.15) is 0 Å². The predicted octanol–water partition coefficient (Wildman–Crippen LogP) is 2.32. The molecule has 1 aromatic rings. The molecule has 0 amide bonds. The number of carbonyl (C=O) groups is 1. The number of halogens is 2. The van der Waals surface area contributed by atoms with Crippen molar-refractivity contribution in [2.45, 2.75) is 6.42 Å². The van der Waals surface area contributed by atoms with Crippen molar-refractivity contribution in [2.24, 2.45) is 0 Å². The number of hydrogen-bond acceptors (Lipinski definition) is 2. The van der Waals surface area contributed by atoms with Crippen molar-refractivity contribution in [2.75, 3.05) is 13.6 Å². The first-order valence-electron chi connectivity index (χ1n) is 4.24. The number of ketones is 1. The van der Waals surface area contributed by atoms with E-state index in [1.807, 2.05) is 0 Å². The first-order valence-corrected chi connectivity index (χ1v) is 5.00. The van der Waals surface area contributed by atoms with Crippen LogP contribution in [0.4, 0.5) is 0 Å². The van der Waals surface area contributed by atoms with E-state index in [-0.39, 0.29) is 12.2 Å². The molecule has 1 rings (SSSR count). The summed E-state index contributed by atoms with van der Waals surface area (Å²) in [5, 5.41) is 3.88. The number of nitrogens with one attached hydrogen (secondary N) is 1. The lowest BCUT2D eigenvalue weighted by Gasteiger charge is -2.05. The minimum atomic E-state index is 0.0718. The van der Waals surface area contributed by atoms with Gasteiger partial charge in [0, 0.05) is 16.5 Å². The highest BCUT2D eigenvalue weighted by molar-refractivity contribution is 6.36. The highest BCUT2D eigenvalue weighted by Crippen LogP contribution is 2.24. The summed E-state index contributed by atoms with van der Waals surface area (Å²) < 4.78 is 0. The molecule has 14 heavy (non-hydrogen) atoms. The van der Waals surface area contributed by atoms with E-state index in [0.29, 0.717) is 22.2 Å². The number of likely N-dealkylation sites (N-methyl/N-ethyl adjacent to an activating group) is 1. The maximum atomic E-state index is 11.3. The second-order valence-corrected chi connectivity index (χ2v) is 3.76. The standard InChI is InChI=1S/C10H11Cl2NO/c1-13-6-7(14)5-8-9(11)3-2-4-10(8)12/h2-4,13H,5-6H2,1H3. The number of Topliss-reactive ketones (excluding diaryl/α,β-unsaturated/α-hetero) is 1. The van der Waals surface area contributed by atoms with Crippen LogP contribution in [0, 0.1) is 0 Å². The summed E-state index contributed by atoms with van der Waals surface area (Å²) in [6, 6.07) is 5.22. The Morgan fingerprint density at radius 3 is 2.43 bits per heavy atom. The van der Waals surface area contributed by atoms with E-state index < -0.39 is 0 Å². The van der Waals surface area contributed by atoms with E-state index in [1.54, 1.807) is 25.2 Å². The molecule has 0 atom stereocenters. The molecule has 0 unspecified atom stereocenters. The smallest absolute Gasteiger partial charge is 0.151 e. The maximum absolute atomic E-state index is 11.3. The molecule has 0 aliphatic heterocycles. The van der Waals surface area contributed by atoms with Gasteiger partial charge in [0.25, 0.3) is 0 Å². The van der Waals surface area contributed by atoms with E-state index >= 15 is 0 Å². The van der Waals surface area contributed by atoms with Crippen molar-refractivity contribution < 1.29 is 4.79 Å². The largest absolute Gasteiger partial charge is 0.313 e. The Kier molecular flexibility index (Phi) is 4.39. The van der Waals surface area contributed by atoms with Crippen LogP contribution in [0.25, 0.3) is 0 Å². The molecule has 0 saturated carbocycles. The quantitative estimate of drug-likeness (QED) is 0.863. The van der Waals surface area contributed by atoms with Crippen LogP contribution in [0.5, 0.6) is 0 Å². The Balaban J connectivity index is 2.80. The SMILES string of the molecule is CNCC(=O)Cc1c(Cl)cccc1Cl. The van der Waals surface area contributed by atoms with Gasteiger partial charge in [0.05, 0.1) is 6.54 Å². The van der Waals surface area contributed by atoms with Crippen molar-refractivity contribution in [1.82, 2.24) is 5.32 Å². The molecule has 0 spiro atoms. The van der Waals surface area contributed by atoms with Gasteiger partial charge in [0.1, 0.15) is 0 Å². The van der Waals surface area contributed by atoms with Crippen LogP contribution < -0.4 is 5.32 Å². The molecular formula is C10H11Cl2NO. The molecule has 0 radical (unpaired) electrons. The van der Waals surface area contributed by atoms with E-state index in [2.05, 4.69) is 5.32 Å². The molecule has 0 bridgehead atoms. The van der Waals surface area contributed by atoms with Gasteiger partial charge in [-0.25, -0.2) is 0 Å². The third kappa shape index (κ3) is 2.98. The van der Waals surface area contributed by atoms with Crippen LogP contribution in [0.3, 0.4) is 0 Å². The Labute approximate surface area is 93.2 Å². The highest BCUT2D eigenvalue weighted by Gasteiger charge is 2.09.